The number of carbonyl (C=O) groups excluding carboxylic acids is 2. The zero-order valence-corrected chi connectivity index (χ0v) is 27.0. The largest absolute Gasteiger partial charge is 0.490 e. The van der Waals surface area contributed by atoms with Gasteiger partial charge in [-0.3, -0.25) is 9.59 Å². The standard InChI is InChI=1S/C36H62O5/c1-4-7-10-13-16-19-22-25-31-39-32-27-26-28-33(40-34(37)29-23-20-17-14-11-8-5-2)36(32)41-35(38)30-24-21-18-15-12-9-6-3/h26-28H,4-25,29-31H2,1-3H3. The summed E-state index contributed by atoms with van der Waals surface area (Å²) < 4.78 is 17.6. The highest BCUT2D eigenvalue weighted by Crippen LogP contribution is 2.38. The normalized spacial score (nSPS) is 11.0. The number of esters is 2. The van der Waals surface area contributed by atoms with Crippen LogP contribution in [0.4, 0.5) is 0 Å². The van der Waals surface area contributed by atoms with Gasteiger partial charge in [0.25, 0.3) is 0 Å². The van der Waals surface area contributed by atoms with Crippen molar-refractivity contribution in [2.45, 2.75) is 175 Å². The molecule has 1 rings (SSSR count). The summed E-state index contributed by atoms with van der Waals surface area (Å²) in [5.74, 6) is 0.406. The highest BCUT2D eigenvalue weighted by molar-refractivity contribution is 5.77. The summed E-state index contributed by atoms with van der Waals surface area (Å²) in [6.45, 7) is 7.22. The van der Waals surface area contributed by atoms with Crippen LogP contribution in [-0.2, 0) is 9.59 Å². The van der Waals surface area contributed by atoms with Crippen LogP contribution in [0, 0.1) is 0 Å². The second-order valence-corrected chi connectivity index (χ2v) is 11.6. The lowest BCUT2D eigenvalue weighted by Gasteiger charge is -2.15. The van der Waals surface area contributed by atoms with E-state index in [-0.39, 0.29) is 23.4 Å². The van der Waals surface area contributed by atoms with Gasteiger partial charge in [-0.25, -0.2) is 0 Å². The Hall–Kier alpha value is -2.04. The van der Waals surface area contributed by atoms with Crippen LogP contribution in [0.3, 0.4) is 0 Å². The fraction of sp³-hybridized carbons (Fsp3) is 0.778. The predicted octanol–water partition coefficient (Wildman–Crippen LogP) is 11.3. The van der Waals surface area contributed by atoms with Gasteiger partial charge in [-0.05, 0) is 31.4 Å². The van der Waals surface area contributed by atoms with Gasteiger partial charge in [-0.2, -0.15) is 0 Å². The van der Waals surface area contributed by atoms with Crippen LogP contribution in [0.2, 0.25) is 0 Å². The molecule has 0 aliphatic heterocycles. The second kappa shape index (κ2) is 26.8. The second-order valence-electron chi connectivity index (χ2n) is 11.6. The number of para-hydroxylation sites is 1. The molecule has 0 spiro atoms. The van der Waals surface area contributed by atoms with E-state index in [1.165, 1.54) is 89.9 Å². The highest BCUT2D eigenvalue weighted by Gasteiger charge is 2.19. The van der Waals surface area contributed by atoms with Crippen LogP contribution in [0.15, 0.2) is 18.2 Å². The molecule has 0 fully saturated rings. The van der Waals surface area contributed by atoms with Gasteiger partial charge in [0.2, 0.25) is 5.75 Å². The van der Waals surface area contributed by atoms with E-state index >= 15 is 0 Å². The third-order valence-corrected chi connectivity index (χ3v) is 7.61. The number of hydrogen-bond acceptors (Lipinski definition) is 5. The summed E-state index contributed by atoms with van der Waals surface area (Å²) in [4.78, 5) is 25.4. The zero-order valence-electron chi connectivity index (χ0n) is 27.0. The van der Waals surface area contributed by atoms with Crippen molar-refractivity contribution >= 4 is 11.9 Å². The Bertz CT molecular complexity index is 775. The maximum absolute atomic E-state index is 12.8. The lowest BCUT2D eigenvalue weighted by Crippen LogP contribution is -2.13. The molecule has 5 heteroatoms. The molecule has 0 saturated carbocycles. The molecule has 0 bridgehead atoms. The van der Waals surface area contributed by atoms with Crippen molar-refractivity contribution in [3.8, 4) is 17.2 Å². The average Bonchev–Trinajstić information content (AvgIpc) is 2.96. The maximum Gasteiger partial charge on any atom is 0.311 e. The summed E-state index contributed by atoms with van der Waals surface area (Å²) in [5, 5.41) is 0. The van der Waals surface area contributed by atoms with E-state index in [1.54, 1.807) is 18.2 Å². The molecule has 1 aromatic carbocycles. The lowest BCUT2D eigenvalue weighted by atomic mass is 10.1. The molecular formula is C36H62O5. The first kappa shape index (κ1) is 37.0. The number of unbranched alkanes of at least 4 members (excludes halogenated alkanes) is 19. The minimum absolute atomic E-state index is 0.243. The summed E-state index contributed by atoms with van der Waals surface area (Å²) in [7, 11) is 0. The SMILES string of the molecule is CCCCCCCCCCOc1cccc(OC(=O)CCCCCCCCC)c1OC(=O)CCCCCCCCC. The Balaban J connectivity index is 2.62. The first-order chi connectivity index (χ1) is 20.1. The van der Waals surface area contributed by atoms with E-state index in [4.69, 9.17) is 14.2 Å². The summed E-state index contributed by atoms with van der Waals surface area (Å²) in [6, 6.07) is 5.30. The van der Waals surface area contributed by atoms with Crippen molar-refractivity contribution in [1.29, 1.82) is 0 Å². The van der Waals surface area contributed by atoms with Gasteiger partial charge >= 0.3 is 11.9 Å². The first-order valence-electron chi connectivity index (χ1n) is 17.3. The Kier molecular flexibility index (Phi) is 24.2. The quantitative estimate of drug-likeness (QED) is 0.0566. The molecule has 0 aliphatic carbocycles. The fourth-order valence-electron chi connectivity index (χ4n) is 5.00. The van der Waals surface area contributed by atoms with Crippen molar-refractivity contribution in [3.05, 3.63) is 18.2 Å². The Labute approximate surface area is 252 Å². The minimum Gasteiger partial charge on any atom is -0.490 e. The van der Waals surface area contributed by atoms with Gasteiger partial charge in [0.05, 0.1) is 6.61 Å². The number of hydrogen-bond donors (Lipinski definition) is 0. The third-order valence-electron chi connectivity index (χ3n) is 7.61. The molecule has 0 amide bonds. The van der Waals surface area contributed by atoms with Crippen LogP contribution in [0.25, 0.3) is 0 Å². The monoisotopic (exact) mass is 574 g/mol. The minimum atomic E-state index is -0.300. The average molecular weight is 575 g/mol. The van der Waals surface area contributed by atoms with Gasteiger partial charge < -0.3 is 14.2 Å². The molecule has 0 unspecified atom stereocenters. The molecule has 0 aromatic heterocycles. The first-order valence-corrected chi connectivity index (χ1v) is 17.3. The molecule has 1 aromatic rings. The van der Waals surface area contributed by atoms with Gasteiger partial charge in [0.1, 0.15) is 0 Å². The van der Waals surface area contributed by atoms with Crippen LogP contribution >= 0.6 is 0 Å². The van der Waals surface area contributed by atoms with Gasteiger partial charge in [0.15, 0.2) is 11.5 Å². The molecular weight excluding hydrogens is 512 g/mol. The molecule has 0 aliphatic rings. The molecule has 0 saturated heterocycles. The molecule has 41 heavy (non-hydrogen) atoms. The Morgan fingerprint density at radius 2 is 0.878 bits per heavy atom. The number of ether oxygens (including phenoxy) is 3. The molecule has 0 N–H and O–H groups in total. The molecule has 0 radical (unpaired) electrons. The van der Waals surface area contributed by atoms with E-state index in [0.29, 0.717) is 25.2 Å². The van der Waals surface area contributed by atoms with Crippen molar-refractivity contribution in [1.82, 2.24) is 0 Å². The third kappa shape index (κ3) is 20.5. The summed E-state index contributed by atoms with van der Waals surface area (Å²) in [6.07, 6.45) is 26.4. The highest BCUT2D eigenvalue weighted by atomic mass is 16.6. The van der Waals surface area contributed by atoms with E-state index < -0.39 is 0 Å². The molecule has 0 atom stereocenters. The van der Waals surface area contributed by atoms with Crippen LogP contribution < -0.4 is 14.2 Å². The van der Waals surface area contributed by atoms with Crippen LogP contribution in [0.1, 0.15) is 175 Å². The van der Waals surface area contributed by atoms with Crippen LogP contribution in [0.5, 0.6) is 17.2 Å². The lowest BCUT2D eigenvalue weighted by molar-refractivity contribution is -0.137. The molecule has 236 valence electrons. The maximum atomic E-state index is 12.8. The van der Waals surface area contributed by atoms with Gasteiger partial charge in [0, 0.05) is 12.8 Å². The van der Waals surface area contributed by atoms with E-state index in [0.717, 1.165) is 51.4 Å². The number of benzene rings is 1. The van der Waals surface area contributed by atoms with Crippen molar-refractivity contribution in [2.24, 2.45) is 0 Å². The zero-order chi connectivity index (χ0) is 29.8. The van der Waals surface area contributed by atoms with Crippen molar-refractivity contribution in [2.75, 3.05) is 6.61 Å². The van der Waals surface area contributed by atoms with E-state index in [1.807, 2.05) is 0 Å². The topological polar surface area (TPSA) is 61.8 Å². The van der Waals surface area contributed by atoms with Crippen molar-refractivity contribution in [3.63, 3.8) is 0 Å². The number of rotatable bonds is 28. The number of carbonyl (C=O) groups is 2. The Morgan fingerprint density at radius 3 is 1.37 bits per heavy atom. The molecule has 0 heterocycles. The Morgan fingerprint density at radius 1 is 0.488 bits per heavy atom. The smallest absolute Gasteiger partial charge is 0.311 e. The van der Waals surface area contributed by atoms with E-state index in [2.05, 4.69) is 20.8 Å². The summed E-state index contributed by atoms with van der Waals surface area (Å²) in [5.41, 5.74) is 0. The van der Waals surface area contributed by atoms with Crippen molar-refractivity contribution < 1.29 is 23.8 Å². The predicted molar refractivity (Wildman–Crippen MR) is 171 cm³/mol. The molecule has 5 nitrogen and oxygen atoms in total. The summed E-state index contributed by atoms with van der Waals surface area (Å²) >= 11 is 0. The van der Waals surface area contributed by atoms with E-state index in [9.17, 15) is 9.59 Å². The van der Waals surface area contributed by atoms with Crippen LogP contribution in [-0.4, -0.2) is 18.5 Å². The van der Waals surface area contributed by atoms with Gasteiger partial charge in [-0.1, -0.05) is 149 Å². The van der Waals surface area contributed by atoms with Gasteiger partial charge in [-0.15, -0.1) is 0 Å². The fourth-order valence-corrected chi connectivity index (χ4v) is 5.00.